The zero-order valence-corrected chi connectivity index (χ0v) is 7.23. The van der Waals surface area contributed by atoms with Gasteiger partial charge in [-0.05, 0) is 12.6 Å². The van der Waals surface area contributed by atoms with Crippen LogP contribution in [0.5, 0.6) is 0 Å². The van der Waals surface area contributed by atoms with Crippen LogP contribution in [0, 0.1) is 0 Å². The summed E-state index contributed by atoms with van der Waals surface area (Å²) in [5.74, 6) is 0. The predicted molar refractivity (Wildman–Crippen MR) is 30.6 cm³/mol. The second-order valence-electron chi connectivity index (χ2n) is 1.98. The SMILES string of the molecule is CC1C[N-]CCN1.[Pt+2]. The van der Waals surface area contributed by atoms with Gasteiger partial charge in [0, 0.05) is 0 Å². The Morgan fingerprint density at radius 2 is 2.38 bits per heavy atom. The van der Waals surface area contributed by atoms with Crippen LogP contribution in [-0.2, 0) is 21.1 Å². The van der Waals surface area contributed by atoms with E-state index in [0.717, 1.165) is 19.6 Å². The molecule has 1 aliphatic rings. The third-order valence-electron chi connectivity index (χ3n) is 1.17. The maximum Gasteiger partial charge on any atom is 2.00 e. The van der Waals surface area contributed by atoms with E-state index in [0.29, 0.717) is 6.04 Å². The maximum absolute atomic E-state index is 4.20. The van der Waals surface area contributed by atoms with Crippen molar-refractivity contribution in [2.75, 3.05) is 19.6 Å². The first-order valence-electron chi connectivity index (χ1n) is 2.76. The van der Waals surface area contributed by atoms with E-state index < -0.39 is 0 Å². The Hall–Kier alpha value is 0.608. The van der Waals surface area contributed by atoms with Crippen LogP contribution in [0.15, 0.2) is 0 Å². The van der Waals surface area contributed by atoms with Gasteiger partial charge >= 0.3 is 21.1 Å². The van der Waals surface area contributed by atoms with E-state index in [2.05, 4.69) is 17.6 Å². The summed E-state index contributed by atoms with van der Waals surface area (Å²) in [6.07, 6.45) is 0. The molecule has 1 unspecified atom stereocenters. The topological polar surface area (TPSA) is 26.1 Å². The Morgan fingerprint density at radius 3 is 2.62 bits per heavy atom. The van der Waals surface area contributed by atoms with Gasteiger partial charge in [0.25, 0.3) is 0 Å². The molecule has 0 bridgehead atoms. The van der Waals surface area contributed by atoms with Crippen LogP contribution in [0.4, 0.5) is 0 Å². The normalized spacial score (nSPS) is 28.9. The fourth-order valence-corrected chi connectivity index (χ4v) is 0.739. The van der Waals surface area contributed by atoms with Gasteiger partial charge in [-0.25, -0.2) is 0 Å². The van der Waals surface area contributed by atoms with E-state index >= 15 is 0 Å². The van der Waals surface area contributed by atoms with Gasteiger partial charge in [0.2, 0.25) is 0 Å². The molecule has 0 amide bonds. The van der Waals surface area contributed by atoms with Crippen molar-refractivity contribution in [3.05, 3.63) is 5.32 Å². The van der Waals surface area contributed by atoms with Crippen molar-refractivity contribution in [2.45, 2.75) is 13.0 Å². The molecule has 1 saturated heterocycles. The Kier molecular flexibility index (Phi) is 4.82. The molecule has 0 radical (unpaired) electrons. The molecule has 1 aliphatic heterocycles. The monoisotopic (exact) mass is 294 g/mol. The molecule has 0 aromatic heterocycles. The summed E-state index contributed by atoms with van der Waals surface area (Å²) < 4.78 is 0. The summed E-state index contributed by atoms with van der Waals surface area (Å²) in [6, 6.07) is 0.619. The molecule has 1 rings (SSSR count). The molecule has 0 spiro atoms. The van der Waals surface area contributed by atoms with Crippen molar-refractivity contribution in [3.63, 3.8) is 0 Å². The first-order valence-corrected chi connectivity index (χ1v) is 2.76. The Labute approximate surface area is 64.7 Å². The minimum atomic E-state index is 0. The van der Waals surface area contributed by atoms with Gasteiger partial charge in [0.1, 0.15) is 0 Å². The van der Waals surface area contributed by atoms with Crippen LogP contribution < -0.4 is 5.32 Å². The van der Waals surface area contributed by atoms with Crippen molar-refractivity contribution in [3.8, 4) is 0 Å². The minimum absolute atomic E-state index is 0. The van der Waals surface area contributed by atoms with E-state index in [1.54, 1.807) is 0 Å². The number of rotatable bonds is 0. The molecule has 0 saturated carbocycles. The summed E-state index contributed by atoms with van der Waals surface area (Å²) in [4.78, 5) is 0. The molecule has 8 heavy (non-hydrogen) atoms. The van der Waals surface area contributed by atoms with Crippen LogP contribution in [0.25, 0.3) is 5.32 Å². The molecule has 50 valence electrons. The van der Waals surface area contributed by atoms with Crippen LogP contribution in [0.1, 0.15) is 6.92 Å². The van der Waals surface area contributed by atoms with Crippen molar-refractivity contribution in [2.24, 2.45) is 0 Å². The summed E-state index contributed by atoms with van der Waals surface area (Å²) in [7, 11) is 0. The number of nitrogens with one attached hydrogen (secondary N) is 1. The Balaban J connectivity index is 0.000000490. The fourth-order valence-electron chi connectivity index (χ4n) is 0.739. The van der Waals surface area contributed by atoms with Crippen molar-refractivity contribution in [1.29, 1.82) is 0 Å². The second kappa shape index (κ2) is 4.48. The molecule has 2 nitrogen and oxygen atoms in total. The maximum atomic E-state index is 4.20. The zero-order valence-electron chi connectivity index (χ0n) is 4.96. The summed E-state index contributed by atoms with van der Waals surface area (Å²) >= 11 is 0. The van der Waals surface area contributed by atoms with Gasteiger partial charge in [0.05, 0.1) is 0 Å². The van der Waals surface area contributed by atoms with Gasteiger partial charge < -0.3 is 10.6 Å². The van der Waals surface area contributed by atoms with E-state index in [1.807, 2.05) is 0 Å². The second-order valence-corrected chi connectivity index (χ2v) is 1.98. The molecule has 0 aromatic rings. The third kappa shape index (κ3) is 2.80. The minimum Gasteiger partial charge on any atom is -0.660 e. The average molecular weight is 294 g/mol. The zero-order chi connectivity index (χ0) is 5.11. The molecule has 1 fully saturated rings. The summed E-state index contributed by atoms with van der Waals surface area (Å²) in [5.41, 5.74) is 0. The molecular formula is C5H11N2Pt+. The third-order valence-corrected chi connectivity index (χ3v) is 1.17. The van der Waals surface area contributed by atoms with Crippen LogP contribution in [0.3, 0.4) is 0 Å². The average Bonchev–Trinajstić information content (AvgIpc) is 1.69. The fraction of sp³-hybridized carbons (Fsp3) is 1.00. The summed E-state index contributed by atoms with van der Waals surface area (Å²) in [5, 5.41) is 7.48. The van der Waals surface area contributed by atoms with Crippen LogP contribution >= 0.6 is 0 Å². The Morgan fingerprint density at radius 1 is 1.62 bits per heavy atom. The first-order chi connectivity index (χ1) is 3.39. The van der Waals surface area contributed by atoms with Crippen molar-refractivity contribution < 1.29 is 21.1 Å². The first kappa shape index (κ1) is 8.61. The van der Waals surface area contributed by atoms with Gasteiger partial charge in [-0.1, -0.05) is 6.92 Å². The number of hydrogen-bond donors (Lipinski definition) is 1. The molecule has 1 atom stereocenters. The number of nitrogens with zero attached hydrogens (tertiary/aromatic N) is 1. The Bertz CT molecular complexity index is 52.4. The summed E-state index contributed by atoms with van der Waals surface area (Å²) in [6.45, 7) is 5.23. The van der Waals surface area contributed by atoms with E-state index in [-0.39, 0.29) is 21.1 Å². The van der Waals surface area contributed by atoms with Gasteiger partial charge in [-0.3, -0.25) is 0 Å². The van der Waals surface area contributed by atoms with E-state index in [9.17, 15) is 0 Å². The number of piperazine rings is 1. The van der Waals surface area contributed by atoms with Gasteiger partial charge in [0.15, 0.2) is 0 Å². The predicted octanol–water partition coefficient (Wildman–Crippen LogP) is 0.349. The molecule has 3 heteroatoms. The largest absolute Gasteiger partial charge is 2.00 e. The van der Waals surface area contributed by atoms with Crippen molar-refractivity contribution in [1.82, 2.24) is 5.32 Å². The molecule has 0 aromatic carbocycles. The molecule has 1 N–H and O–H groups in total. The van der Waals surface area contributed by atoms with Gasteiger partial charge in [-0.2, -0.15) is 0 Å². The molecular weight excluding hydrogens is 283 g/mol. The van der Waals surface area contributed by atoms with Crippen molar-refractivity contribution >= 4 is 0 Å². The van der Waals surface area contributed by atoms with Gasteiger partial charge in [-0.15, -0.1) is 13.1 Å². The molecule has 1 heterocycles. The quantitative estimate of drug-likeness (QED) is 0.685. The van der Waals surface area contributed by atoms with E-state index in [1.165, 1.54) is 0 Å². The van der Waals surface area contributed by atoms with Crippen LogP contribution in [0.2, 0.25) is 0 Å². The van der Waals surface area contributed by atoms with Crippen LogP contribution in [-0.4, -0.2) is 25.7 Å². The standard InChI is InChI=1S/C5H11N2.Pt/c1-5-4-6-2-3-7-5;/h5,7H,2-4H2,1H3;/q-1;+2. The molecule has 0 aliphatic carbocycles. The smallest absolute Gasteiger partial charge is 0.660 e. The number of hydrogen-bond acceptors (Lipinski definition) is 1. The van der Waals surface area contributed by atoms with E-state index in [4.69, 9.17) is 0 Å².